The van der Waals surface area contributed by atoms with Crippen LogP contribution in [0, 0.1) is 5.82 Å². The first-order chi connectivity index (χ1) is 13.5. The highest BCUT2D eigenvalue weighted by Gasteiger charge is 2.22. The highest BCUT2D eigenvalue weighted by atomic mass is 19.1. The highest BCUT2D eigenvalue weighted by Crippen LogP contribution is 2.21. The van der Waals surface area contributed by atoms with E-state index in [0.29, 0.717) is 23.7 Å². The van der Waals surface area contributed by atoms with Crippen molar-refractivity contribution >= 4 is 11.8 Å². The van der Waals surface area contributed by atoms with E-state index in [1.807, 2.05) is 0 Å². The number of aromatic nitrogens is 1. The van der Waals surface area contributed by atoms with Crippen molar-refractivity contribution in [2.75, 3.05) is 26.7 Å². The number of hydrogen-bond donors (Lipinski definition) is 2. The third-order valence-corrected chi connectivity index (χ3v) is 4.57. The van der Waals surface area contributed by atoms with Crippen molar-refractivity contribution in [2.45, 2.75) is 18.9 Å². The summed E-state index contributed by atoms with van der Waals surface area (Å²) in [5.74, 6) is 0.143. The molecule has 0 aliphatic carbocycles. The summed E-state index contributed by atoms with van der Waals surface area (Å²) in [7, 11) is 1.62. The van der Waals surface area contributed by atoms with E-state index in [2.05, 4.69) is 20.5 Å². The third kappa shape index (κ3) is 5.50. The molecule has 7 nitrogen and oxygen atoms in total. The zero-order chi connectivity index (χ0) is 19.9. The first-order valence-electron chi connectivity index (χ1n) is 9.17. The van der Waals surface area contributed by atoms with Crippen molar-refractivity contribution in [3.05, 3.63) is 54.1 Å². The molecule has 1 saturated heterocycles. The lowest BCUT2D eigenvalue weighted by molar-refractivity contribution is -0.122. The molecule has 0 radical (unpaired) electrons. The van der Waals surface area contributed by atoms with Gasteiger partial charge in [0.25, 0.3) is 5.91 Å². The first kappa shape index (κ1) is 19.8. The Kier molecular flexibility index (Phi) is 6.54. The fraction of sp³-hybridized carbons (Fsp3) is 0.350. The minimum Gasteiger partial charge on any atom is -0.456 e. The maximum atomic E-state index is 13.2. The van der Waals surface area contributed by atoms with Crippen LogP contribution in [-0.2, 0) is 4.79 Å². The van der Waals surface area contributed by atoms with Gasteiger partial charge in [0.15, 0.2) is 0 Å². The van der Waals surface area contributed by atoms with Gasteiger partial charge >= 0.3 is 0 Å². The van der Waals surface area contributed by atoms with Crippen LogP contribution in [0.25, 0.3) is 0 Å². The Bertz CT molecular complexity index is 820. The van der Waals surface area contributed by atoms with Crippen molar-refractivity contribution in [1.82, 2.24) is 20.5 Å². The molecule has 148 valence electrons. The van der Waals surface area contributed by atoms with Crippen molar-refractivity contribution in [3.63, 3.8) is 0 Å². The molecule has 0 atom stereocenters. The number of piperidine rings is 1. The number of benzene rings is 1. The summed E-state index contributed by atoms with van der Waals surface area (Å²) < 4.78 is 18.7. The molecule has 28 heavy (non-hydrogen) atoms. The summed E-state index contributed by atoms with van der Waals surface area (Å²) in [4.78, 5) is 30.0. The highest BCUT2D eigenvalue weighted by molar-refractivity contribution is 5.92. The number of amides is 2. The third-order valence-electron chi connectivity index (χ3n) is 4.57. The summed E-state index contributed by atoms with van der Waals surface area (Å²) in [5.41, 5.74) is 0.291. The molecule has 1 aromatic carbocycles. The van der Waals surface area contributed by atoms with Crippen LogP contribution in [0.4, 0.5) is 4.39 Å². The lowest BCUT2D eigenvalue weighted by Crippen LogP contribution is -2.47. The minimum atomic E-state index is -0.386. The summed E-state index contributed by atoms with van der Waals surface area (Å²) >= 11 is 0. The molecule has 8 heteroatoms. The Morgan fingerprint density at radius 2 is 2.00 bits per heavy atom. The minimum absolute atomic E-state index is 0.00719. The Morgan fingerprint density at radius 1 is 1.21 bits per heavy atom. The number of carbonyl (C=O) groups excluding carboxylic acids is 2. The molecule has 1 aromatic heterocycles. The van der Waals surface area contributed by atoms with Crippen LogP contribution < -0.4 is 15.4 Å². The number of pyridine rings is 1. The predicted molar refractivity (Wildman–Crippen MR) is 102 cm³/mol. The van der Waals surface area contributed by atoms with E-state index >= 15 is 0 Å². The molecule has 1 fully saturated rings. The van der Waals surface area contributed by atoms with Crippen molar-refractivity contribution in [2.24, 2.45) is 0 Å². The molecule has 0 spiro atoms. The number of nitrogens with one attached hydrogen (secondary N) is 2. The Labute approximate surface area is 162 Å². The quantitative estimate of drug-likeness (QED) is 0.793. The SMILES string of the molecule is CNC(=O)CN1CCC(NC(=O)c2ccc(Oc3cccc(F)c3)cn2)CC1. The van der Waals surface area contributed by atoms with Gasteiger partial charge < -0.3 is 15.4 Å². The van der Waals surface area contributed by atoms with E-state index in [4.69, 9.17) is 4.74 Å². The van der Waals surface area contributed by atoms with Crippen LogP contribution in [0.15, 0.2) is 42.6 Å². The van der Waals surface area contributed by atoms with Crippen molar-refractivity contribution in [1.29, 1.82) is 0 Å². The molecule has 1 aliphatic heterocycles. The molecule has 0 saturated carbocycles. The maximum absolute atomic E-state index is 13.2. The van der Waals surface area contributed by atoms with Crippen LogP contribution in [0.3, 0.4) is 0 Å². The number of likely N-dealkylation sites (N-methyl/N-ethyl adjacent to an activating group) is 1. The first-order valence-corrected chi connectivity index (χ1v) is 9.17. The average molecular weight is 386 g/mol. The summed E-state index contributed by atoms with van der Waals surface area (Å²) in [5, 5.41) is 5.59. The monoisotopic (exact) mass is 386 g/mol. The number of halogens is 1. The molecule has 3 rings (SSSR count). The van der Waals surface area contributed by atoms with Crippen LogP contribution >= 0.6 is 0 Å². The standard InChI is InChI=1S/C20H23FN4O3/c1-22-19(26)13-25-9-7-15(8-10-25)24-20(27)18-6-5-17(12-23-18)28-16-4-2-3-14(21)11-16/h2-6,11-12,15H,7-10,13H2,1H3,(H,22,26)(H,24,27). The molecule has 1 aliphatic rings. The zero-order valence-corrected chi connectivity index (χ0v) is 15.7. The van der Waals surface area contributed by atoms with Gasteiger partial charge in [-0.25, -0.2) is 9.37 Å². The fourth-order valence-corrected chi connectivity index (χ4v) is 3.02. The van der Waals surface area contributed by atoms with Crippen molar-refractivity contribution in [3.8, 4) is 11.5 Å². The number of ether oxygens (including phenoxy) is 1. The normalized spacial score (nSPS) is 15.1. The topological polar surface area (TPSA) is 83.6 Å². The maximum Gasteiger partial charge on any atom is 0.270 e. The van der Waals surface area contributed by atoms with E-state index in [1.54, 1.807) is 31.3 Å². The number of hydrogen-bond acceptors (Lipinski definition) is 5. The number of nitrogens with zero attached hydrogens (tertiary/aromatic N) is 2. The summed E-state index contributed by atoms with van der Waals surface area (Å²) in [6.45, 7) is 1.89. The van der Waals surface area contributed by atoms with E-state index in [9.17, 15) is 14.0 Å². The second-order valence-corrected chi connectivity index (χ2v) is 6.64. The van der Waals surface area contributed by atoms with Gasteiger partial charge in [0.05, 0.1) is 12.7 Å². The molecule has 2 aromatic rings. The molecule has 2 heterocycles. The van der Waals surface area contributed by atoms with Crippen LogP contribution in [0.1, 0.15) is 23.3 Å². The second-order valence-electron chi connectivity index (χ2n) is 6.64. The van der Waals surface area contributed by atoms with Gasteiger partial charge in [-0.05, 0) is 37.1 Å². The molecule has 2 N–H and O–H groups in total. The predicted octanol–water partition coefficient (Wildman–Crippen LogP) is 1.95. The van der Waals surface area contributed by atoms with Crippen molar-refractivity contribution < 1.29 is 18.7 Å². The van der Waals surface area contributed by atoms with Gasteiger partial charge in [0.2, 0.25) is 5.91 Å². The van der Waals surface area contributed by atoms with Gasteiger partial charge in [0, 0.05) is 32.2 Å². The van der Waals surface area contributed by atoms with Crippen LogP contribution in [0.2, 0.25) is 0 Å². The van der Waals surface area contributed by atoms with Gasteiger partial charge in [-0.1, -0.05) is 6.07 Å². The largest absolute Gasteiger partial charge is 0.456 e. The average Bonchev–Trinajstić information content (AvgIpc) is 2.70. The van der Waals surface area contributed by atoms with E-state index < -0.39 is 0 Å². The molecular weight excluding hydrogens is 363 g/mol. The molecule has 2 amide bonds. The Balaban J connectivity index is 1.49. The number of likely N-dealkylation sites (tertiary alicyclic amines) is 1. The zero-order valence-electron chi connectivity index (χ0n) is 15.7. The van der Waals surface area contributed by atoms with Gasteiger partial charge in [-0.2, -0.15) is 0 Å². The lowest BCUT2D eigenvalue weighted by Gasteiger charge is -2.31. The number of carbonyl (C=O) groups is 2. The lowest BCUT2D eigenvalue weighted by atomic mass is 10.0. The van der Waals surface area contributed by atoms with Crippen LogP contribution in [0.5, 0.6) is 11.5 Å². The smallest absolute Gasteiger partial charge is 0.270 e. The van der Waals surface area contributed by atoms with Gasteiger partial charge in [-0.15, -0.1) is 0 Å². The fourth-order valence-electron chi connectivity index (χ4n) is 3.02. The van der Waals surface area contributed by atoms with Gasteiger partial charge in [0.1, 0.15) is 23.0 Å². The van der Waals surface area contributed by atoms with Gasteiger partial charge in [-0.3, -0.25) is 14.5 Å². The van der Waals surface area contributed by atoms with E-state index in [1.165, 1.54) is 18.3 Å². The number of rotatable bonds is 6. The molecular formula is C20H23FN4O3. The van der Waals surface area contributed by atoms with E-state index in [-0.39, 0.29) is 23.7 Å². The summed E-state index contributed by atoms with van der Waals surface area (Å²) in [6, 6.07) is 9.06. The second kappa shape index (κ2) is 9.27. The molecule has 0 bridgehead atoms. The summed E-state index contributed by atoms with van der Waals surface area (Å²) in [6.07, 6.45) is 3.00. The van der Waals surface area contributed by atoms with Crippen LogP contribution in [-0.4, -0.2) is 54.4 Å². The Hall–Kier alpha value is -3.00. The molecule has 0 unspecified atom stereocenters. The van der Waals surface area contributed by atoms with E-state index in [0.717, 1.165) is 25.9 Å². The Morgan fingerprint density at radius 3 is 2.64 bits per heavy atom.